The molecule has 1 aromatic carbocycles. The molecule has 0 spiro atoms. The van der Waals surface area contributed by atoms with Crippen LogP contribution in [0.1, 0.15) is 0 Å². The molecule has 0 fully saturated rings. The van der Waals surface area contributed by atoms with Crippen LogP contribution >= 0.6 is 0 Å². The molecule has 0 saturated carbocycles. The van der Waals surface area contributed by atoms with E-state index in [9.17, 15) is 8.78 Å². The number of nitrogens with zero attached hydrogens (tertiary/aromatic N) is 1. The fraction of sp³-hybridized carbons (Fsp3) is 0.0833. The van der Waals surface area contributed by atoms with Crippen LogP contribution < -0.4 is 10.6 Å². The Bertz CT molecular complexity index is 509. The second kappa shape index (κ2) is 4.78. The number of hydrogen-bond acceptors (Lipinski definition) is 3. The van der Waals surface area contributed by atoms with Crippen molar-refractivity contribution < 1.29 is 8.78 Å². The molecule has 17 heavy (non-hydrogen) atoms. The highest BCUT2D eigenvalue weighted by molar-refractivity contribution is 5.62. The van der Waals surface area contributed by atoms with Crippen molar-refractivity contribution in [3.8, 4) is 0 Å². The molecule has 0 aliphatic rings. The maximum atomic E-state index is 13.0. The summed E-state index contributed by atoms with van der Waals surface area (Å²) in [6.45, 7) is 0. The van der Waals surface area contributed by atoms with Gasteiger partial charge in [0.15, 0.2) is 0 Å². The Balaban J connectivity index is 2.24. The first-order valence-corrected chi connectivity index (χ1v) is 5.03. The zero-order valence-electron chi connectivity index (χ0n) is 9.17. The maximum Gasteiger partial charge on any atom is 0.128 e. The van der Waals surface area contributed by atoms with Gasteiger partial charge < -0.3 is 10.6 Å². The zero-order chi connectivity index (χ0) is 12.3. The van der Waals surface area contributed by atoms with Gasteiger partial charge in [-0.25, -0.2) is 8.78 Å². The molecule has 0 aliphatic carbocycles. The van der Waals surface area contributed by atoms with Crippen molar-refractivity contribution in [2.24, 2.45) is 0 Å². The standard InChI is InChI=1S/C12H11F2N3/c1-15-11-5-12(7-16-6-11)17-10-3-8(13)2-9(14)4-10/h2-7,15,17H,1H3. The summed E-state index contributed by atoms with van der Waals surface area (Å²) in [5.41, 5.74) is 1.81. The van der Waals surface area contributed by atoms with E-state index >= 15 is 0 Å². The minimum Gasteiger partial charge on any atom is -0.387 e. The van der Waals surface area contributed by atoms with Crippen molar-refractivity contribution in [2.45, 2.75) is 0 Å². The van der Waals surface area contributed by atoms with Crippen molar-refractivity contribution >= 4 is 17.1 Å². The maximum absolute atomic E-state index is 13.0. The normalized spacial score (nSPS) is 10.1. The van der Waals surface area contributed by atoms with Gasteiger partial charge in [0, 0.05) is 18.8 Å². The first-order chi connectivity index (χ1) is 8.17. The van der Waals surface area contributed by atoms with E-state index in [1.165, 1.54) is 12.1 Å². The smallest absolute Gasteiger partial charge is 0.128 e. The van der Waals surface area contributed by atoms with E-state index in [-0.39, 0.29) is 0 Å². The van der Waals surface area contributed by atoms with Gasteiger partial charge >= 0.3 is 0 Å². The van der Waals surface area contributed by atoms with Crippen molar-refractivity contribution in [2.75, 3.05) is 17.7 Å². The van der Waals surface area contributed by atoms with Crippen molar-refractivity contribution in [3.63, 3.8) is 0 Å². The second-order valence-corrected chi connectivity index (χ2v) is 3.50. The summed E-state index contributed by atoms with van der Waals surface area (Å²) in [5.74, 6) is -1.24. The van der Waals surface area contributed by atoms with E-state index in [0.29, 0.717) is 11.4 Å². The Morgan fingerprint density at radius 1 is 0.882 bits per heavy atom. The predicted molar refractivity (Wildman–Crippen MR) is 63.4 cm³/mol. The number of aromatic nitrogens is 1. The first kappa shape index (κ1) is 11.3. The average Bonchev–Trinajstić information content (AvgIpc) is 2.28. The predicted octanol–water partition coefficient (Wildman–Crippen LogP) is 3.15. The van der Waals surface area contributed by atoms with E-state index in [1.807, 2.05) is 0 Å². The van der Waals surface area contributed by atoms with Crippen molar-refractivity contribution in [3.05, 3.63) is 48.3 Å². The Morgan fingerprint density at radius 2 is 1.53 bits per heavy atom. The van der Waals surface area contributed by atoms with Crippen LogP contribution in [-0.4, -0.2) is 12.0 Å². The van der Waals surface area contributed by atoms with Gasteiger partial charge in [-0.05, 0) is 18.2 Å². The fourth-order valence-electron chi connectivity index (χ4n) is 1.44. The molecule has 0 bridgehead atoms. The largest absolute Gasteiger partial charge is 0.387 e. The van der Waals surface area contributed by atoms with Crippen LogP contribution in [0.3, 0.4) is 0 Å². The molecule has 0 aliphatic heterocycles. The molecule has 88 valence electrons. The number of anilines is 3. The van der Waals surface area contributed by atoms with E-state index in [4.69, 9.17) is 0 Å². The lowest BCUT2D eigenvalue weighted by molar-refractivity contribution is 0.584. The number of benzene rings is 1. The zero-order valence-corrected chi connectivity index (χ0v) is 9.17. The minimum atomic E-state index is -0.620. The van der Waals surface area contributed by atoms with Crippen LogP contribution in [0.15, 0.2) is 36.7 Å². The summed E-state index contributed by atoms with van der Waals surface area (Å²) in [6, 6.07) is 5.05. The van der Waals surface area contributed by atoms with Gasteiger partial charge in [-0.2, -0.15) is 0 Å². The molecular formula is C12H11F2N3. The molecule has 0 saturated heterocycles. The summed E-state index contributed by atoms with van der Waals surface area (Å²) in [7, 11) is 1.77. The lowest BCUT2D eigenvalue weighted by atomic mass is 10.3. The molecule has 2 N–H and O–H groups in total. The molecule has 0 unspecified atom stereocenters. The van der Waals surface area contributed by atoms with E-state index < -0.39 is 11.6 Å². The molecule has 2 aromatic rings. The molecule has 5 heteroatoms. The van der Waals surface area contributed by atoms with Gasteiger partial charge in [-0.3, -0.25) is 4.98 Å². The SMILES string of the molecule is CNc1cncc(Nc2cc(F)cc(F)c2)c1. The van der Waals surface area contributed by atoms with Gasteiger partial charge in [0.2, 0.25) is 0 Å². The Labute approximate surface area is 97.5 Å². The van der Waals surface area contributed by atoms with Crippen LogP contribution in [-0.2, 0) is 0 Å². The monoisotopic (exact) mass is 235 g/mol. The molecule has 2 rings (SSSR count). The minimum absolute atomic E-state index is 0.345. The highest BCUT2D eigenvalue weighted by Crippen LogP contribution is 2.20. The highest BCUT2D eigenvalue weighted by Gasteiger charge is 2.01. The summed E-state index contributed by atoms with van der Waals surface area (Å²) in [5, 5.41) is 5.80. The molecule has 1 aromatic heterocycles. The summed E-state index contributed by atoms with van der Waals surface area (Å²) in [6.07, 6.45) is 3.22. The lowest BCUT2D eigenvalue weighted by Gasteiger charge is -2.08. The van der Waals surface area contributed by atoms with Crippen LogP contribution in [0.5, 0.6) is 0 Å². The molecule has 0 radical (unpaired) electrons. The number of pyridine rings is 1. The van der Waals surface area contributed by atoms with E-state index in [2.05, 4.69) is 15.6 Å². The van der Waals surface area contributed by atoms with Crippen LogP contribution in [0.2, 0.25) is 0 Å². The Morgan fingerprint density at radius 3 is 2.18 bits per heavy atom. The van der Waals surface area contributed by atoms with Gasteiger partial charge in [0.05, 0.1) is 23.8 Å². The Kier molecular flexibility index (Phi) is 3.18. The van der Waals surface area contributed by atoms with Gasteiger partial charge in [0.25, 0.3) is 0 Å². The van der Waals surface area contributed by atoms with Crippen LogP contribution in [0.25, 0.3) is 0 Å². The third-order valence-corrected chi connectivity index (χ3v) is 2.18. The fourth-order valence-corrected chi connectivity index (χ4v) is 1.44. The molecular weight excluding hydrogens is 224 g/mol. The summed E-state index contributed by atoms with van der Waals surface area (Å²) < 4.78 is 25.9. The topological polar surface area (TPSA) is 37.0 Å². The third-order valence-electron chi connectivity index (χ3n) is 2.18. The quantitative estimate of drug-likeness (QED) is 0.858. The third kappa shape index (κ3) is 2.90. The molecule has 3 nitrogen and oxygen atoms in total. The summed E-state index contributed by atoms with van der Waals surface area (Å²) in [4.78, 5) is 3.98. The lowest BCUT2D eigenvalue weighted by Crippen LogP contribution is -1.95. The molecule has 0 atom stereocenters. The summed E-state index contributed by atoms with van der Waals surface area (Å²) >= 11 is 0. The van der Waals surface area contributed by atoms with Gasteiger partial charge in [-0.15, -0.1) is 0 Å². The highest BCUT2D eigenvalue weighted by atomic mass is 19.1. The van der Waals surface area contributed by atoms with Gasteiger partial charge in [0.1, 0.15) is 11.6 Å². The second-order valence-electron chi connectivity index (χ2n) is 3.50. The number of hydrogen-bond donors (Lipinski definition) is 2. The Hall–Kier alpha value is -2.17. The van der Waals surface area contributed by atoms with Crippen molar-refractivity contribution in [1.82, 2.24) is 4.98 Å². The van der Waals surface area contributed by atoms with E-state index in [0.717, 1.165) is 11.8 Å². The van der Waals surface area contributed by atoms with Crippen LogP contribution in [0.4, 0.5) is 25.8 Å². The van der Waals surface area contributed by atoms with Crippen LogP contribution in [0, 0.1) is 11.6 Å². The molecule has 0 amide bonds. The average molecular weight is 235 g/mol. The molecule has 1 heterocycles. The number of nitrogens with one attached hydrogen (secondary N) is 2. The van der Waals surface area contributed by atoms with Crippen molar-refractivity contribution in [1.29, 1.82) is 0 Å². The number of rotatable bonds is 3. The number of halogens is 2. The van der Waals surface area contributed by atoms with Gasteiger partial charge in [-0.1, -0.05) is 0 Å². The first-order valence-electron chi connectivity index (χ1n) is 5.03. The van der Waals surface area contributed by atoms with E-state index in [1.54, 1.807) is 25.5 Å².